The van der Waals surface area contributed by atoms with Crippen molar-refractivity contribution in [2.75, 3.05) is 12.7 Å². The zero-order chi connectivity index (χ0) is 12.8. The van der Waals surface area contributed by atoms with Crippen molar-refractivity contribution in [3.05, 3.63) is 0 Å². The first-order valence-corrected chi connectivity index (χ1v) is 6.26. The number of carbonyl (C=O) groups excluding carboxylic acids is 1. The van der Waals surface area contributed by atoms with E-state index >= 15 is 0 Å². The van der Waals surface area contributed by atoms with Crippen LogP contribution in [0.25, 0.3) is 0 Å². The van der Waals surface area contributed by atoms with Crippen molar-refractivity contribution in [3.63, 3.8) is 0 Å². The lowest BCUT2D eigenvalue weighted by molar-refractivity contribution is -0.137. The highest BCUT2D eigenvalue weighted by atomic mass is 31.2. The lowest BCUT2D eigenvalue weighted by Crippen LogP contribution is -2.48. The number of nitrogens with two attached hydrogens (primary N) is 1. The van der Waals surface area contributed by atoms with Crippen LogP contribution in [0.1, 0.15) is 6.42 Å². The summed E-state index contributed by atoms with van der Waals surface area (Å²) in [5.41, 5.74) is 5.33. The lowest BCUT2D eigenvalue weighted by Gasteiger charge is -2.19. The second kappa shape index (κ2) is 6.72. The second-order valence-corrected chi connectivity index (χ2v) is 5.04. The molecule has 0 aliphatic carbocycles. The molecule has 0 amide bonds. The summed E-state index contributed by atoms with van der Waals surface area (Å²) in [6.07, 6.45) is -0.437. The molecule has 9 heteroatoms. The van der Waals surface area contributed by atoms with E-state index in [0.29, 0.717) is 6.29 Å². The molecule has 0 saturated carbocycles. The van der Waals surface area contributed by atoms with Gasteiger partial charge in [0.05, 0.1) is 18.6 Å². The topological polar surface area (TPSA) is 150 Å². The number of carboxylic acids is 1. The van der Waals surface area contributed by atoms with Crippen LogP contribution in [0.5, 0.6) is 0 Å². The van der Waals surface area contributed by atoms with Crippen molar-refractivity contribution in [2.24, 2.45) is 5.73 Å². The standard InChI is InChI=1S/C7H15N2O6P/c8-5(4-10)6(3-7(11)12)9-1-2-16(13,14)15/h4-6,9H,1-3,8H2,(H,11,12)(H2,13,14,15)/t5-,6?/m0/s1. The van der Waals surface area contributed by atoms with Crippen molar-refractivity contribution < 1.29 is 29.0 Å². The molecular weight excluding hydrogens is 239 g/mol. The van der Waals surface area contributed by atoms with Gasteiger partial charge in [-0.2, -0.15) is 0 Å². The summed E-state index contributed by atoms with van der Waals surface area (Å²) in [6.45, 7) is -0.107. The van der Waals surface area contributed by atoms with Crippen LogP contribution in [0, 0.1) is 0 Å². The fourth-order valence-corrected chi connectivity index (χ4v) is 1.44. The summed E-state index contributed by atoms with van der Waals surface area (Å²) in [5, 5.41) is 11.1. The third-order valence-electron chi connectivity index (χ3n) is 1.83. The summed E-state index contributed by atoms with van der Waals surface area (Å²) in [4.78, 5) is 37.9. The summed E-state index contributed by atoms with van der Waals surface area (Å²) in [6, 6.07) is -1.85. The molecule has 0 aliphatic rings. The van der Waals surface area contributed by atoms with Crippen LogP contribution in [-0.4, -0.2) is 51.9 Å². The lowest BCUT2D eigenvalue weighted by atomic mass is 10.1. The number of rotatable bonds is 8. The first kappa shape index (κ1) is 15.2. The molecule has 0 aromatic carbocycles. The predicted molar refractivity (Wildman–Crippen MR) is 55.0 cm³/mol. The molecule has 1 unspecified atom stereocenters. The van der Waals surface area contributed by atoms with Gasteiger partial charge in [0.1, 0.15) is 6.29 Å². The van der Waals surface area contributed by atoms with Gasteiger partial charge < -0.3 is 30.7 Å². The third kappa shape index (κ3) is 7.49. The highest BCUT2D eigenvalue weighted by molar-refractivity contribution is 7.51. The molecule has 0 radical (unpaired) electrons. The van der Waals surface area contributed by atoms with Gasteiger partial charge in [0, 0.05) is 12.6 Å². The average molecular weight is 254 g/mol. The van der Waals surface area contributed by atoms with Gasteiger partial charge in [-0.3, -0.25) is 9.36 Å². The van der Waals surface area contributed by atoms with Gasteiger partial charge in [-0.15, -0.1) is 0 Å². The molecule has 0 spiro atoms. The number of carboxylic acid groups (broad SMARTS) is 1. The maximum atomic E-state index is 10.5. The van der Waals surface area contributed by atoms with E-state index in [-0.39, 0.29) is 13.0 Å². The molecule has 6 N–H and O–H groups in total. The maximum absolute atomic E-state index is 10.5. The first-order chi connectivity index (χ1) is 7.26. The van der Waals surface area contributed by atoms with Gasteiger partial charge in [0.2, 0.25) is 0 Å². The molecule has 16 heavy (non-hydrogen) atoms. The zero-order valence-corrected chi connectivity index (χ0v) is 9.34. The Morgan fingerprint density at radius 1 is 1.50 bits per heavy atom. The first-order valence-electron chi connectivity index (χ1n) is 4.47. The smallest absolute Gasteiger partial charge is 0.326 e. The molecule has 8 nitrogen and oxygen atoms in total. The highest BCUT2D eigenvalue weighted by Crippen LogP contribution is 2.32. The van der Waals surface area contributed by atoms with Crippen LogP contribution in [0.4, 0.5) is 0 Å². The predicted octanol–water partition coefficient (Wildman–Crippen LogP) is -1.88. The monoisotopic (exact) mass is 254 g/mol. The normalized spacial score (nSPS) is 15.4. The Hall–Kier alpha value is -0.790. The van der Waals surface area contributed by atoms with Gasteiger partial charge in [-0.05, 0) is 0 Å². The number of hydrogen-bond donors (Lipinski definition) is 5. The summed E-state index contributed by atoms with van der Waals surface area (Å²) < 4.78 is 10.5. The van der Waals surface area contributed by atoms with Crippen LogP contribution < -0.4 is 11.1 Å². The molecule has 0 rings (SSSR count). The van der Waals surface area contributed by atoms with Crippen molar-refractivity contribution in [1.29, 1.82) is 0 Å². The Balaban J connectivity index is 4.17. The Morgan fingerprint density at radius 2 is 2.06 bits per heavy atom. The van der Waals surface area contributed by atoms with Crippen LogP contribution in [0.3, 0.4) is 0 Å². The molecule has 0 fully saturated rings. The quantitative estimate of drug-likeness (QED) is 0.249. The van der Waals surface area contributed by atoms with E-state index in [2.05, 4.69) is 5.32 Å². The van der Waals surface area contributed by atoms with Crippen molar-refractivity contribution in [1.82, 2.24) is 5.32 Å². The molecule has 0 bridgehead atoms. The van der Waals surface area contributed by atoms with E-state index in [0.717, 1.165) is 0 Å². The minimum absolute atomic E-state index is 0.107. The number of aliphatic carboxylic acids is 1. The van der Waals surface area contributed by atoms with Gasteiger partial charge in [-0.1, -0.05) is 0 Å². The second-order valence-electron chi connectivity index (χ2n) is 3.26. The van der Waals surface area contributed by atoms with E-state index in [4.69, 9.17) is 20.6 Å². The Morgan fingerprint density at radius 3 is 2.44 bits per heavy atom. The summed E-state index contributed by atoms with van der Waals surface area (Å²) in [5.74, 6) is -1.15. The average Bonchev–Trinajstić information content (AvgIpc) is 2.12. The molecule has 2 atom stereocenters. The number of carbonyl (C=O) groups is 2. The third-order valence-corrected chi connectivity index (χ3v) is 2.63. The Bertz CT molecular complexity index is 291. The Labute approximate surface area is 92.0 Å². The Kier molecular flexibility index (Phi) is 6.39. The van der Waals surface area contributed by atoms with E-state index in [1.54, 1.807) is 0 Å². The molecule has 0 aromatic heterocycles. The molecular formula is C7H15N2O6P. The highest BCUT2D eigenvalue weighted by Gasteiger charge is 2.21. The summed E-state index contributed by atoms with van der Waals surface area (Å²) in [7, 11) is -4.13. The van der Waals surface area contributed by atoms with Crippen molar-refractivity contribution in [2.45, 2.75) is 18.5 Å². The minimum atomic E-state index is -4.13. The fourth-order valence-electron chi connectivity index (χ4n) is 1.02. The molecule has 0 saturated heterocycles. The number of nitrogens with one attached hydrogen (secondary N) is 1. The van der Waals surface area contributed by atoms with E-state index in [1.165, 1.54) is 0 Å². The van der Waals surface area contributed by atoms with E-state index in [9.17, 15) is 14.2 Å². The van der Waals surface area contributed by atoms with E-state index in [1.807, 2.05) is 0 Å². The van der Waals surface area contributed by atoms with Gasteiger partial charge in [-0.25, -0.2) is 0 Å². The zero-order valence-electron chi connectivity index (χ0n) is 8.44. The van der Waals surface area contributed by atoms with Crippen LogP contribution in [-0.2, 0) is 14.2 Å². The van der Waals surface area contributed by atoms with Gasteiger partial charge >= 0.3 is 13.6 Å². The van der Waals surface area contributed by atoms with Gasteiger partial charge in [0.15, 0.2) is 0 Å². The molecule has 94 valence electrons. The van der Waals surface area contributed by atoms with Gasteiger partial charge in [0.25, 0.3) is 0 Å². The summed E-state index contributed by atoms with van der Waals surface area (Å²) >= 11 is 0. The fraction of sp³-hybridized carbons (Fsp3) is 0.714. The SMILES string of the molecule is N[C@@H](C=O)C(CC(=O)O)NCCP(=O)(O)O. The van der Waals surface area contributed by atoms with Crippen LogP contribution >= 0.6 is 7.60 Å². The largest absolute Gasteiger partial charge is 0.481 e. The molecule has 0 aromatic rings. The number of hydrogen-bond acceptors (Lipinski definition) is 5. The van der Waals surface area contributed by atoms with Crippen LogP contribution in [0.15, 0.2) is 0 Å². The van der Waals surface area contributed by atoms with Crippen molar-refractivity contribution in [3.8, 4) is 0 Å². The van der Waals surface area contributed by atoms with Crippen LogP contribution in [0.2, 0.25) is 0 Å². The van der Waals surface area contributed by atoms with E-state index < -0.39 is 31.8 Å². The number of aldehydes is 1. The minimum Gasteiger partial charge on any atom is -0.481 e. The molecule has 0 heterocycles. The van der Waals surface area contributed by atoms with Crippen molar-refractivity contribution >= 4 is 19.9 Å². The molecule has 0 aliphatic heterocycles. The maximum Gasteiger partial charge on any atom is 0.326 e.